The number of rotatable bonds is 3. The van der Waals surface area contributed by atoms with Gasteiger partial charge in [0.15, 0.2) is 0 Å². The number of hydrogen-bond donors (Lipinski definition) is 2. The Morgan fingerprint density at radius 1 is 1.32 bits per heavy atom. The number of nitrogens with one attached hydrogen (secondary N) is 1. The number of aliphatic carboxylic acids is 1. The van der Waals surface area contributed by atoms with E-state index >= 15 is 0 Å². The Morgan fingerprint density at radius 3 is 2.68 bits per heavy atom. The summed E-state index contributed by atoms with van der Waals surface area (Å²) < 4.78 is 14.1. The summed E-state index contributed by atoms with van der Waals surface area (Å²) in [4.78, 5) is 25.7. The highest BCUT2D eigenvalue weighted by Gasteiger charge is 2.54. The van der Waals surface area contributed by atoms with E-state index in [0.29, 0.717) is 38.0 Å². The van der Waals surface area contributed by atoms with Gasteiger partial charge in [-0.05, 0) is 18.9 Å². The van der Waals surface area contributed by atoms with Crippen LogP contribution in [0.15, 0.2) is 24.3 Å². The second kappa shape index (κ2) is 5.68. The highest BCUT2D eigenvalue weighted by atomic mass is 19.1. The van der Waals surface area contributed by atoms with Crippen molar-refractivity contribution in [3.05, 3.63) is 35.6 Å². The molecule has 1 aromatic carbocycles. The van der Waals surface area contributed by atoms with Crippen molar-refractivity contribution in [3.63, 3.8) is 0 Å². The van der Waals surface area contributed by atoms with Gasteiger partial charge in [0, 0.05) is 31.7 Å². The summed E-state index contributed by atoms with van der Waals surface area (Å²) in [5.74, 6) is -2.05. The Labute approximate surface area is 128 Å². The predicted molar refractivity (Wildman–Crippen MR) is 77.9 cm³/mol. The first-order chi connectivity index (χ1) is 10.5. The van der Waals surface area contributed by atoms with Crippen molar-refractivity contribution in [2.45, 2.75) is 18.3 Å². The number of halogens is 1. The largest absolute Gasteiger partial charge is 0.481 e. The minimum atomic E-state index is -0.914. The molecule has 1 atom stereocenters. The molecule has 1 aromatic rings. The molecular weight excluding hydrogens is 287 g/mol. The van der Waals surface area contributed by atoms with Crippen LogP contribution in [0.2, 0.25) is 0 Å². The van der Waals surface area contributed by atoms with Gasteiger partial charge in [0.05, 0.1) is 11.3 Å². The smallest absolute Gasteiger partial charge is 0.309 e. The molecule has 2 fully saturated rings. The van der Waals surface area contributed by atoms with Crippen molar-refractivity contribution in [2.75, 3.05) is 26.2 Å². The number of carbonyl (C=O) groups is 2. The lowest BCUT2D eigenvalue weighted by Gasteiger charge is -2.27. The first-order valence-electron chi connectivity index (χ1n) is 7.52. The predicted octanol–water partition coefficient (Wildman–Crippen LogP) is 0.990. The normalized spacial score (nSPS) is 23.7. The molecule has 2 N–H and O–H groups in total. The molecule has 6 heteroatoms. The van der Waals surface area contributed by atoms with Gasteiger partial charge >= 0.3 is 5.97 Å². The van der Waals surface area contributed by atoms with E-state index in [9.17, 15) is 19.1 Å². The standard InChI is InChI=1S/C16H19FN2O3/c17-13-4-2-1-3-12(13)16(5-6-16)15(22)19-8-7-18-9-11(10-19)14(20)21/h1-4,11,18H,5-10H2,(H,20,21)/t11-/m1/s1. The number of amides is 1. The fraction of sp³-hybridized carbons (Fsp3) is 0.500. The maximum Gasteiger partial charge on any atom is 0.309 e. The van der Waals surface area contributed by atoms with E-state index in [0.717, 1.165) is 0 Å². The van der Waals surface area contributed by atoms with Crippen LogP contribution in [0, 0.1) is 11.7 Å². The van der Waals surface area contributed by atoms with Gasteiger partial charge in [-0.3, -0.25) is 9.59 Å². The Hall–Kier alpha value is -1.95. The first kappa shape index (κ1) is 15.0. The van der Waals surface area contributed by atoms with E-state index in [-0.39, 0.29) is 18.3 Å². The number of carboxylic acid groups (broad SMARTS) is 1. The first-order valence-corrected chi connectivity index (χ1v) is 7.52. The lowest BCUT2D eigenvalue weighted by Crippen LogP contribution is -2.43. The summed E-state index contributed by atoms with van der Waals surface area (Å²) in [5.41, 5.74) is -0.359. The summed E-state index contributed by atoms with van der Waals surface area (Å²) in [7, 11) is 0. The third-order valence-corrected chi connectivity index (χ3v) is 4.58. The monoisotopic (exact) mass is 306 g/mol. The van der Waals surface area contributed by atoms with Gasteiger partial charge in [-0.25, -0.2) is 4.39 Å². The second-order valence-corrected chi connectivity index (χ2v) is 6.05. The van der Waals surface area contributed by atoms with Gasteiger partial charge < -0.3 is 15.3 Å². The second-order valence-electron chi connectivity index (χ2n) is 6.05. The SMILES string of the molecule is O=C(O)[C@@H]1CNCCN(C(=O)C2(c3ccccc3F)CC2)C1. The molecule has 0 unspecified atom stereocenters. The minimum Gasteiger partial charge on any atom is -0.481 e. The molecule has 0 aromatic heterocycles. The van der Waals surface area contributed by atoms with Crippen LogP contribution in [0.25, 0.3) is 0 Å². The molecule has 2 aliphatic rings. The van der Waals surface area contributed by atoms with Crippen LogP contribution >= 0.6 is 0 Å². The van der Waals surface area contributed by atoms with Crippen molar-refractivity contribution >= 4 is 11.9 Å². The van der Waals surface area contributed by atoms with Crippen LogP contribution in [0.4, 0.5) is 4.39 Å². The lowest BCUT2D eigenvalue weighted by atomic mass is 9.93. The van der Waals surface area contributed by atoms with Crippen molar-refractivity contribution < 1.29 is 19.1 Å². The van der Waals surface area contributed by atoms with Crippen LogP contribution in [0.5, 0.6) is 0 Å². The minimum absolute atomic E-state index is 0.146. The molecule has 0 radical (unpaired) electrons. The number of carboxylic acids is 1. The Morgan fingerprint density at radius 2 is 2.05 bits per heavy atom. The third-order valence-electron chi connectivity index (χ3n) is 4.58. The maximum absolute atomic E-state index is 14.1. The Balaban J connectivity index is 1.84. The molecule has 118 valence electrons. The van der Waals surface area contributed by atoms with E-state index < -0.39 is 17.3 Å². The van der Waals surface area contributed by atoms with Gasteiger partial charge in [0.25, 0.3) is 0 Å². The van der Waals surface area contributed by atoms with Gasteiger partial charge in [-0.2, -0.15) is 0 Å². The molecule has 22 heavy (non-hydrogen) atoms. The van der Waals surface area contributed by atoms with Gasteiger partial charge in [-0.15, -0.1) is 0 Å². The zero-order valence-electron chi connectivity index (χ0n) is 12.2. The number of hydrogen-bond acceptors (Lipinski definition) is 3. The summed E-state index contributed by atoms with van der Waals surface area (Å²) in [6.07, 6.45) is 1.24. The molecule has 1 amide bonds. The quantitative estimate of drug-likeness (QED) is 0.874. The highest BCUT2D eigenvalue weighted by molar-refractivity contribution is 5.91. The van der Waals surface area contributed by atoms with E-state index in [1.165, 1.54) is 6.07 Å². The van der Waals surface area contributed by atoms with Crippen LogP contribution in [0.3, 0.4) is 0 Å². The van der Waals surface area contributed by atoms with E-state index in [2.05, 4.69) is 5.32 Å². The summed E-state index contributed by atoms with van der Waals surface area (Å²) in [6.45, 7) is 1.55. The van der Waals surface area contributed by atoms with E-state index in [1.807, 2.05) is 0 Å². The van der Waals surface area contributed by atoms with Crippen molar-refractivity contribution in [2.24, 2.45) is 5.92 Å². The van der Waals surface area contributed by atoms with Gasteiger partial charge in [-0.1, -0.05) is 18.2 Å². The molecule has 0 bridgehead atoms. The molecule has 1 aliphatic carbocycles. The maximum atomic E-state index is 14.1. The Bertz CT molecular complexity index is 601. The molecule has 0 spiro atoms. The zero-order valence-corrected chi connectivity index (χ0v) is 12.2. The van der Waals surface area contributed by atoms with Crippen LogP contribution in [-0.2, 0) is 15.0 Å². The van der Waals surface area contributed by atoms with Crippen molar-refractivity contribution in [1.29, 1.82) is 0 Å². The van der Waals surface area contributed by atoms with Crippen molar-refractivity contribution in [3.8, 4) is 0 Å². The summed E-state index contributed by atoms with van der Waals surface area (Å²) in [5, 5.41) is 12.2. The van der Waals surface area contributed by atoms with Gasteiger partial charge in [0.2, 0.25) is 5.91 Å². The highest BCUT2D eigenvalue weighted by Crippen LogP contribution is 2.50. The summed E-state index contributed by atoms with van der Waals surface area (Å²) in [6, 6.07) is 6.36. The van der Waals surface area contributed by atoms with Crippen LogP contribution in [0.1, 0.15) is 18.4 Å². The molecule has 1 saturated heterocycles. The van der Waals surface area contributed by atoms with Crippen LogP contribution < -0.4 is 5.32 Å². The average molecular weight is 306 g/mol. The fourth-order valence-corrected chi connectivity index (χ4v) is 3.14. The lowest BCUT2D eigenvalue weighted by molar-refractivity contribution is -0.143. The number of carbonyl (C=O) groups excluding carboxylic acids is 1. The molecule has 1 heterocycles. The number of nitrogens with zero attached hydrogens (tertiary/aromatic N) is 1. The number of benzene rings is 1. The molecule has 3 rings (SSSR count). The third kappa shape index (κ3) is 2.59. The summed E-state index contributed by atoms with van der Waals surface area (Å²) >= 11 is 0. The average Bonchev–Trinajstić information content (AvgIpc) is 3.31. The molecule has 1 aliphatic heterocycles. The van der Waals surface area contributed by atoms with Crippen LogP contribution in [-0.4, -0.2) is 48.1 Å². The van der Waals surface area contributed by atoms with Gasteiger partial charge in [0.1, 0.15) is 5.82 Å². The van der Waals surface area contributed by atoms with E-state index in [4.69, 9.17) is 0 Å². The van der Waals surface area contributed by atoms with Crippen molar-refractivity contribution in [1.82, 2.24) is 10.2 Å². The zero-order chi connectivity index (χ0) is 15.7. The molecule has 5 nitrogen and oxygen atoms in total. The topological polar surface area (TPSA) is 69.6 Å². The van der Waals surface area contributed by atoms with E-state index in [1.54, 1.807) is 23.1 Å². The molecule has 1 saturated carbocycles. The Kier molecular flexibility index (Phi) is 3.87. The fourth-order valence-electron chi connectivity index (χ4n) is 3.14. The molecular formula is C16H19FN2O3.